The van der Waals surface area contributed by atoms with Crippen molar-refractivity contribution in [2.75, 3.05) is 6.54 Å². The van der Waals surface area contributed by atoms with Crippen LogP contribution in [-0.4, -0.2) is 6.54 Å². The first-order valence-corrected chi connectivity index (χ1v) is 8.46. The van der Waals surface area contributed by atoms with Gasteiger partial charge in [0.1, 0.15) is 0 Å². The first kappa shape index (κ1) is 12.7. The maximum atomic E-state index is 13.4. The van der Waals surface area contributed by atoms with Crippen molar-refractivity contribution in [2.45, 2.75) is 12.8 Å². The van der Waals surface area contributed by atoms with Gasteiger partial charge in [0.15, 0.2) is 0 Å². The summed E-state index contributed by atoms with van der Waals surface area (Å²) in [6, 6.07) is 19.5. The monoisotopic (exact) mass is 271 g/mol. The molecule has 3 heteroatoms. The van der Waals surface area contributed by atoms with E-state index < -0.39 is 7.29 Å². The lowest BCUT2D eigenvalue weighted by molar-refractivity contribution is 0.575. The van der Waals surface area contributed by atoms with Crippen LogP contribution in [0.25, 0.3) is 0 Å². The number of rotatable bonds is 5. The lowest BCUT2D eigenvalue weighted by atomic mass is 10.4. The van der Waals surface area contributed by atoms with Crippen LogP contribution >= 0.6 is 7.29 Å². The van der Waals surface area contributed by atoms with Crippen LogP contribution in [0.2, 0.25) is 0 Å². The van der Waals surface area contributed by atoms with E-state index >= 15 is 0 Å². The van der Waals surface area contributed by atoms with E-state index in [0.717, 1.165) is 17.2 Å². The van der Waals surface area contributed by atoms with Gasteiger partial charge in [0.25, 0.3) is 0 Å². The molecule has 0 unspecified atom stereocenters. The number of hydrogen-bond acceptors (Lipinski definition) is 1. The first-order valence-electron chi connectivity index (χ1n) is 6.75. The number of benzene rings is 2. The summed E-state index contributed by atoms with van der Waals surface area (Å²) in [7, 11) is -2.69. The van der Waals surface area contributed by atoms with Crippen molar-refractivity contribution in [3.8, 4) is 0 Å². The Kier molecular flexibility index (Phi) is 3.54. The molecule has 2 aromatic rings. The standard InChI is InChI=1S/C16H18NOP/c18-19(17-13-14-11-12-14,15-7-3-1-4-8-15)16-9-5-2-6-10-16/h1-10,14H,11-13H2,(H,17,18). The Bertz CT molecular complexity index is 535. The van der Waals surface area contributed by atoms with E-state index in [1.165, 1.54) is 12.8 Å². The molecule has 0 heterocycles. The van der Waals surface area contributed by atoms with Crippen molar-refractivity contribution in [1.82, 2.24) is 5.09 Å². The molecule has 1 N–H and O–H groups in total. The summed E-state index contributed by atoms with van der Waals surface area (Å²) in [4.78, 5) is 0. The largest absolute Gasteiger partial charge is 0.297 e. The molecular formula is C16H18NOP. The van der Waals surface area contributed by atoms with Gasteiger partial charge in [-0.15, -0.1) is 0 Å². The fourth-order valence-electron chi connectivity index (χ4n) is 2.19. The van der Waals surface area contributed by atoms with Crippen molar-refractivity contribution >= 4 is 17.9 Å². The third-order valence-electron chi connectivity index (χ3n) is 3.54. The van der Waals surface area contributed by atoms with Gasteiger partial charge >= 0.3 is 0 Å². The molecule has 98 valence electrons. The molecule has 0 amide bonds. The van der Waals surface area contributed by atoms with E-state index in [1.54, 1.807) is 0 Å². The van der Waals surface area contributed by atoms with Crippen LogP contribution in [-0.2, 0) is 4.57 Å². The van der Waals surface area contributed by atoms with Crippen LogP contribution in [0.15, 0.2) is 60.7 Å². The molecule has 19 heavy (non-hydrogen) atoms. The van der Waals surface area contributed by atoms with Gasteiger partial charge in [-0.25, -0.2) is 0 Å². The molecule has 0 aromatic heterocycles. The third-order valence-corrected chi connectivity index (χ3v) is 6.22. The zero-order chi connectivity index (χ0) is 13.1. The Labute approximate surface area is 114 Å². The number of hydrogen-bond donors (Lipinski definition) is 1. The van der Waals surface area contributed by atoms with Crippen LogP contribution in [0.4, 0.5) is 0 Å². The SMILES string of the molecule is O=P(NCC1CC1)(c1ccccc1)c1ccccc1. The van der Waals surface area contributed by atoms with Gasteiger partial charge in [-0.3, -0.25) is 9.65 Å². The summed E-state index contributed by atoms with van der Waals surface area (Å²) in [6.07, 6.45) is 2.52. The molecule has 0 radical (unpaired) electrons. The highest BCUT2D eigenvalue weighted by Gasteiger charge is 2.30. The van der Waals surface area contributed by atoms with Gasteiger partial charge in [0.05, 0.1) is 0 Å². The van der Waals surface area contributed by atoms with Crippen molar-refractivity contribution in [1.29, 1.82) is 0 Å². The van der Waals surface area contributed by atoms with Crippen molar-refractivity contribution in [3.63, 3.8) is 0 Å². The second kappa shape index (κ2) is 5.32. The van der Waals surface area contributed by atoms with Gasteiger partial charge in [-0.05, 0) is 43.0 Å². The molecule has 2 aromatic carbocycles. The van der Waals surface area contributed by atoms with Gasteiger partial charge in [-0.1, -0.05) is 36.4 Å². The van der Waals surface area contributed by atoms with E-state index in [0.29, 0.717) is 5.92 Å². The zero-order valence-corrected chi connectivity index (χ0v) is 11.7. The molecule has 0 atom stereocenters. The predicted octanol–water partition coefficient (Wildman–Crippen LogP) is 2.92. The highest BCUT2D eigenvalue weighted by molar-refractivity contribution is 7.76. The number of nitrogens with one attached hydrogen (secondary N) is 1. The minimum atomic E-state index is -2.69. The summed E-state index contributed by atoms with van der Waals surface area (Å²) in [5, 5.41) is 5.13. The Balaban J connectivity index is 1.97. The lowest BCUT2D eigenvalue weighted by Gasteiger charge is -2.20. The van der Waals surface area contributed by atoms with Gasteiger partial charge in [-0.2, -0.15) is 0 Å². The first-order chi connectivity index (χ1) is 9.29. The summed E-state index contributed by atoms with van der Waals surface area (Å²) in [5.41, 5.74) is 0. The smallest absolute Gasteiger partial charge is 0.204 e. The quantitative estimate of drug-likeness (QED) is 0.847. The second-order valence-electron chi connectivity index (χ2n) is 5.09. The fourth-order valence-corrected chi connectivity index (χ4v) is 4.55. The molecule has 0 bridgehead atoms. The molecule has 2 nitrogen and oxygen atoms in total. The van der Waals surface area contributed by atoms with Gasteiger partial charge in [0, 0.05) is 17.2 Å². The van der Waals surface area contributed by atoms with E-state index in [2.05, 4.69) is 5.09 Å². The van der Waals surface area contributed by atoms with Crippen LogP contribution in [0.1, 0.15) is 12.8 Å². The maximum Gasteiger partial charge on any atom is 0.204 e. The average molecular weight is 271 g/mol. The van der Waals surface area contributed by atoms with E-state index in [9.17, 15) is 4.57 Å². The lowest BCUT2D eigenvalue weighted by Crippen LogP contribution is -2.28. The molecule has 1 fully saturated rings. The van der Waals surface area contributed by atoms with E-state index in [4.69, 9.17) is 0 Å². The Morgan fingerprint density at radius 1 is 0.895 bits per heavy atom. The van der Waals surface area contributed by atoms with Crippen LogP contribution in [0.5, 0.6) is 0 Å². The summed E-state index contributed by atoms with van der Waals surface area (Å²) < 4.78 is 13.4. The Morgan fingerprint density at radius 3 is 1.79 bits per heavy atom. The molecule has 0 aliphatic heterocycles. The van der Waals surface area contributed by atoms with E-state index in [-0.39, 0.29) is 0 Å². The molecule has 1 aliphatic carbocycles. The minimum Gasteiger partial charge on any atom is -0.297 e. The van der Waals surface area contributed by atoms with Crippen molar-refractivity contribution in [2.24, 2.45) is 5.92 Å². The fraction of sp³-hybridized carbons (Fsp3) is 0.250. The minimum absolute atomic E-state index is 0.709. The molecule has 0 saturated heterocycles. The topological polar surface area (TPSA) is 29.1 Å². The van der Waals surface area contributed by atoms with Gasteiger partial charge in [0.2, 0.25) is 7.29 Å². The Morgan fingerprint density at radius 2 is 1.37 bits per heavy atom. The average Bonchev–Trinajstić information content (AvgIpc) is 3.31. The maximum absolute atomic E-state index is 13.4. The highest BCUT2D eigenvalue weighted by atomic mass is 31.2. The van der Waals surface area contributed by atoms with Gasteiger partial charge < -0.3 is 0 Å². The normalized spacial score (nSPS) is 15.4. The predicted molar refractivity (Wildman–Crippen MR) is 80.5 cm³/mol. The molecule has 1 saturated carbocycles. The van der Waals surface area contributed by atoms with Crippen LogP contribution in [0.3, 0.4) is 0 Å². The second-order valence-corrected chi connectivity index (χ2v) is 7.65. The molecular weight excluding hydrogens is 253 g/mol. The third kappa shape index (κ3) is 2.80. The Hall–Kier alpha value is -1.37. The van der Waals surface area contributed by atoms with Crippen molar-refractivity contribution < 1.29 is 4.57 Å². The van der Waals surface area contributed by atoms with Crippen LogP contribution in [0, 0.1) is 5.92 Å². The molecule has 1 aliphatic rings. The summed E-state index contributed by atoms with van der Waals surface area (Å²) >= 11 is 0. The summed E-state index contributed by atoms with van der Waals surface area (Å²) in [5.74, 6) is 0.709. The zero-order valence-electron chi connectivity index (χ0n) is 10.8. The van der Waals surface area contributed by atoms with Crippen molar-refractivity contribution in [3.05, 3.63) is 60.7 Å². The highest BCUT2D eigenvalue weighted by Crippen LogP contribution is 2.40. The molecule has 0 spiro atoms. The molecule has 3 rings (SSSR count). The summed E-state index contributed by atoms with van der Waals surface area (Å²) in [6.45, 7) is 0.848. The van der Waals surface area contributed by atoms with Crippen LogP contribution < -0.4 is 15.7 Å². The van der Waals surface area contributed by atoms with E-state index in [1.807, 2.05) is 60.7 Å².